The van der Waals surface area contributed by atoms with Crippen LogP contribution in [0.15, 0.2) is 59.8 Å². The van der Waals surface area contributed by atoms with Gasteiger partial charge in [-0.05, 0) is 41.8 Å². The number of aromatic amines is 1. The van der Waals surface area contributed by atoms with Crippen LogP contribution in [0.5, 0.6) is 5.88 Å². The molecule has 9 nitrogen and oxygen atoms in total. The molecule has 4 heterocycles. The molecule has 1 saturated heterocycles. The van der Waals surface area contributed by atoms with Gasteiger partial charge in [0.2, 0.25) is 5.88 Å². The summed E-state index contributed by atoms with van der Waals surface area (Å²) < 4.78 is 10.6. The number of nitrogens with one attached hydrogen (secondary N) is 2. The Morgan fingerprint density at radius 1 is 1.06 bits per heavy atom. The Morgan fingerprint density at radius 2 is 1.88 bits per heavy atom. The fraction of sp³-hybridized carbons (Fsp3) is 0.217. The highest BCUT2D eigenvalue weighted by Gasteiger charge is 2.14. The average Bonchev–Trinajstić information content (AvgIpc) is 2.85. The summed E-state index contributed by atoms with van der Waals surface area (Å²) in [4.78, 5) is 30.9. The summed E-state index contributed by atoms with van der Waals surface area (Å²) in [5.74, 6) is 0.839. The van der Waals surface area contributed by atoms with Crippen LogP contribution in [0.25, 0.3) is 22.2 Å². The standard InChI is InChI=1S/C23H22N6O3/c1-31-20-14-24-13-19(27-20)18-12-15-6-7-25-23(30)21(15)22(28-18)26-16-2-4-17(5-3-16)29-8-10-32-11-9-29/h2-7,12-14H,8-11H2,1H3,(H,25,30)(H,26,28). The molecule has 1 aliphatic rings. The summed E-state index contributed by atoms with van der Waals surface area (Å²) in [6.07, 6.45) is 4.77. The van der Waals surface area contributed by atoms with Gasteiger partial charge in [0.1, 0.15) is 11.5 Å². The van der Waals surface area contributed by atoms with Gasteiger partial charge in [0.05, 0.1) is 43.8 Å². The number of morpholine rings is 1. The first kappa shape index (κ1) is 20.0. The quantitative estimate of drug-likeness (QED) is 0.498. The first-order valence-corrected chi connectivity index (χ1v) is 10.3. The Bertz CT molecular complexity index is 1300. The fourth-order valence-corrected chi connectivity index (χ4v) is 3.72. The van der Waals surface area contributed by atoms with Crippen molar-refractivity contribution in [1.29, 1.82) is 0 Å². The Morgan fingerprint density at radius 3 is 2.66 bits per heavy atom. The zero-order chi connectivity index (χ0) is 21.9. The van der Waals surface area contributed by atoms with Crippen LogP contribution in [0.2, 0.25) is 0 Å². The van der Waals surface area contributed by atoms with Crippen molar-refractivity contribution < 1.29 is 9.47 Å². The second-order valence-electron chi connectivity index (χ2n) is 7.35. The molecule has 0 unspecified atom stereocenters. The molecule has 0 bridgehead atoms. The molecule has 5 rings (SSSR count). The van der Waals surface area contributed by atoms with Gasteiger partial charge < -0.3 is 24.7 Å². The molecule has 4 aromatic rings. The van der Waals surface area contributed by atoms with Crippen molar-refractivity contribution in [2.24, 2.45) is 0 Å². The Balaban J connectivity index is 1.53. The van der Waals surface area contributed by atoms with Crippen LogP contribution < -0.4 is 20.5 Å². The molecule has 0 radical (unpaired) electrons. The molecule has 0 aliphatic carbocycles. The van der Waals surface area contributed by atoms with Crippen molar-refractivity contribution in [2.45, 2.75) is 0 Å². The largest absolute Gasteiger partial charge is 0.480 e. The van der Waals surface area contributed by atoms with E-state index in [1.165, 1.54) is 13.3 Å². The highest BCUT2D eigenvalue weighted by molar-refractivity contribution is 5.94. The van der Waals surface area contributed by atoms with Crippen LogP contribution in [0.1, 0.15) is 0 Å². The van der Waals surface area contributed by atoms with E-state index in [1.807, 2.05) is 24.3 Å². The van der Waals surface area contributed by atoms with Crippen LogP contribution in [0, 0.1) is 0 Å². The Kier molecular flexibility index (Phi) is 5.39. The molecule has 1 fully saturated rings. The zero-order valence-electron chi connectivity index (χ0n) is 17.5. The number of aromatic nitrogens is 4. The van der Waals surface area contributed by atoms with Gasteiger partial charge in [0.25, 0.3) is 5.56 Å². The van der Waals surface area contributed by atoms with Crippen molar-refractivity contribution in [3.63, 3.8) is 0 Å². The smallest absolute Gasteiger partial charge is 0.259 e. The zero-order valence-corrected chi connectivity index (χ0v) is 17.5. The minimum Gasteiger partial charge on any atom is -0.480 e. The number of ether oxygens (including phenoxy) is 2. The van der Waals surface area contributed by atoms with Crippen LogP contribution >= 0.6 is 0 Å². The second kappa shape index (κ2) is 8.64. The monoisotopic (exact) mass is 430 g/mol. The molecule has 9 heteroatoms. The predicted octanol–water partition coefficient (Wildman–Crippen LogP) is 2.97. The number of H-pyrrole nitrogens is 1. The number of rotatable bonds is 5. The first-order valence-electron chi connectivity index (χ1n) is 10.3. The van der Waals surface area contributed by atoms with Crippen molar-refractivity contribution >= 4 is 28.0 Å². The summed E-state index contributed by atoms with van der Waals surface area (Å²) >= 11 is 0. The number of fused-ring (bicyclic) bond motifs is 1. The normalized spacial score (nSPS) is 13.8. The number of hydrogen-bond donors (Lipinski definition) is 2. The molecule has 1 aromatic carbocycles. The van der Waals surface area contributed by atoms with E-state index in [4.69, 9.17) is 14.5 Å². The molecular weight excluding hydrogens is 408 g/mol. The third kappa shape index (κ3) is 3.97. The van der Waals surface area contributed by atoms with Gasteiger partial charge in [0.15, 0.2) is 0 Å². The molecule has 3 aromatic heterocycles. The molecule has 0 spiro atoms. The highest BCUT2D eigenvalue weighted by Crippen LogP contribution is 2.28. The van der Waals surface area contributed by atoms with E-state index in [1.54, 1.807) is 12.4 Å². The lowest BCUT2D eigenvalue weighted by Gasteiger charge is -2.28. The third-order valence-electron chi connectivity index (χ3n) is 5.34. The molecule has 0 amide bonds. The average molecular weight is 430 g/mol. The lowest BCUT2D eigenvalue weighted by molar-refractivity contribution is 0.122. The van der Waals surface area contributed by atoms with E-state index >= 15 is 0 Å². The number of hydrogen-bond acceptors (Lipinski definition) is 8. The van der Waals surface area contributed by atoms with Crippen molar-refractivity contribution in [3.8, 4) is 17.3 Å². The maximum atomic E-state index is 12.6. The minimum absolute atomic E-state index is 0.217. The van der Waals surface area contributed by atoms with Crippen molar-refractivity contribution in [2.75, 3.05) is 43.6 Å². The number of nitrogens with zero attached hydrogens (tertiary/aromatic N) is 4. The molecule has 2 N–H and O–H groups in total. The summed E-state index contributed by atoms with van der Waals surface area (Å²) in [5, 5.41) is 4.53. The lowest BCUT2D eigenvalue weighted by Crippen LogP contribution is -2.36. The third-order valence-corrected chi connectivity index (χ3v) is 5.34. The minimum atomic E-state index is -0.217. The summed E-state index contributed by atoms with van der Waals surface area (Å²) in [7, 11) is 1.54. The number of anilines is 3. The van der Waals surface area contributed by atoms with Crippen molar-refractivity contribution in [3.05, 3.63) is 65.3 Å². The SMILES string of the molecule is COc1cncc(-c2cc3cc[nH]c(=O)c3c(Nc3ccc(N4CCOCC4)cc3)n2)n1. The van der Waals surface area contributed by atoms with Gasteiger partial charge in [-0.3, -0.25) is 9.78 Å². The first-order chi connectivity index (χ1) is 15.7. The molecule has 0 saturated carbocycles. The molecule has 1 aliphatic heterocycles. The lowest BCUT2D eigenvalue weighted by atomic mass is 10.1. The summed E-state index contributed by atoms with van der Waals surface area (Å²) in [6, 6.07) is 11.7. The van der Waals surface area contributed by atoms with E-state index in [0.29, 0.717) is 28.5 Å². The maximum absolute atomic E-state index is 12.6. The molecular formula is C23H22N6O3. The van der Waals surface area contributed by atoms with Gasteiger partial charge in [-0.2, -0.15) is 0 Å². The number of methoxy groups -OCH3 is 1. The van der Waals surface area contributed by atoms with Crippen LogP contribution in [0.3, 0.4) is 0 Å². The van der Waals surface area contributed by atoms with Crippen molar-refractivity contribution in [1.82, 2.24) is 19.9 Å². The van der Waals surface area contributed by atoms with Gasteiger partial charge >= 0.3 is 0 Å². The van der Waals surface area contributed by atoms with E-state index in [0.717, 1.165) is 43.1 Å². The van der Waals surface area contributed by atoms with Crippen LogP contribution in [-0.2, 0) is 4.74 Å². The van der Waals surface area contributed by atoms with Gasteiger partial charge in [0, 0.05) is 30.7 Å². The van der Waals surface area contributed by atoms with Gasteiger partial charge in [-0.15, -0.1) is 0 Å². The predicted molar refractivity (Wildman–Crippen MR) is 123 cm³/mol. The maximum Gasteiger partial charge on any atom is 0.259 e. The fourth-order valence-electron chi connectivity index (χ4n) is 3.72. The summed E-state index contributed by atoms with van der Waals surface area (Å²) in [5.41, 5.74) is 2.88. The van der Waals surface area contributed by atoms with Crippen LogP contribution in [-0.4, -0.2) is 53.3 Å². The van der Waals surface area contributed by atoms with Gasteiger partial charge in [-0.25, -0.2) is 9.97 Å². The van der Waals surface area contributed by atoms with E-state index in [-0.39, 0.29) is 5.56 Å². The van der Waals surface area contributed by atoms with E-state index < -0.39 is 0 Å². The molecule has 0 atom stereocenters. The molecule has 32 heavy (non-hydrogen) atoms. The van der Waals surface area contributed by atoms with E-state index in [2.05, 4.69) is 37.3 Å². The second-order valence-corrected chi connectivity index (χ2v) is 7.35. The van der Waals surface area contributed by atoms with E-state index in [9.17, 15) is 4.79 Å². The summed E-state index contributed by atoms with van der Waals surface area (Å²) in [6.45, 7) is 3.22. The Hall–Kier alpha value is -3.98. The number of pyridine rings is 2. The number of benzene rings is 1. The highest BCUT2D eigenvalue weighted by atomic mass is 16.5. The van der Waals surface area contributed by atoms with Gasteiger partial charge in [-0.1, -0.05) is 0 Å². The topological polar surface area (TPSA) is 105 Å². The van der Waals surface area contributed by atoms with Crippen LogP contribution in [0.4, 0.5) is 17.2 Å². The Labute approximate surface area is 184 Å². The molecule has 162 valence electrons.